The SMILES string of the molecule is O=C(O)c1ccc2c3c(n(Cc4ccc(C(F)(F)F)cc4)c2c1)CCCC3. The highest BCUT2D eigenvalue weighted by molar-refractivity contribution is 5.95. The van der Waals surface area contributed by atoms with E-state index in [9.17, 15) is 23.1 Å². The molecule has 3 nitrogen and oxygen atoms in total. The summed E-state index contributed by atoms with van der Waals surface area (Å²) in [6, 6.07) is 10.3. The molecule has 0 saturated carbocycles. The topological polar surface area (TPSA) is 42.2 Å². The van der Waals surface area contributed by atoms with Crippen LogP contribution in [-0.2, 0) is 25.6 Å². The maximum Gasteiger partial charge on any atom is 0.416 e. The highest BCUT2D eigenvalue weighted by Gasteiger charge is 2.30. The number of alkyl halides is 3. The molecule has 0 aliphatic heterocycles. The van der Waals surface area contributed by atoms with E-state index in [1.807, 2.05) is 6.07 Å². The number of hydrogen-bond donors (Lipinski definition) is 1. The molecule has 1 aliphatic carbocycles. The van der Waals surface area contributed by atoms with Gasteiger partial charge in [-0.05, 0) is 61.1 Å². The molecule has 0 spiro atoms. The summed E-state index contributed by atoms with van der Waals surface area (Å²) in [5.74, 6) is -0.989. The Morgan fingerprint density at radius 2 is 1.74 bits per heavy atom. The lowest BCUT2D eigenvalue weighted by molar-refractivity contribution is -0.137. The molecule has 1 N–H and O–H groups in total. The number of carboxylic acid groups (broad SMARTS) is 1. The van der Waals surface area contributed by atoms with E-state index < -0.39 is 17.7 Å². The minimum atomic E-state index is -4.35. The van der Waals surface area contributed by atoms with Crippen LogP contribution >= 0.6 is 0 Å². The zero-order valence-electron chi connectivity index (χ0n) is 14.5. The molecule has 3 aromatic rings. The van der Waals surface area contributed by atoms with E-state index in [-0.39, 0.29) is 5.56 Å². The lowest BCUT2D eigenvalue weighted by atomic mass is 9.95. The molecule has 1 aromatic heterocycles. The first kappa shape index (κ1) is 17.6. The maximum absolute atomic E-state index is 12.8. The number of aromatic nitrogens is 1. The van der Waals surface area contributed by atoms with E-state index in [0.29, 0.717) is 6.54 Å². The van der Waals surface area contributed by atoms with Crippen LogP contribution in [-0.4, -0.2) is 15.6 Å². The minimum Gasteiger partial charge on any atom is -0.478 e. The average molecular weight is 373 g/mol. The largest absolute Gasteiger partial charge is 0.478 e. The smallest absolute Gasteiger partial charge is 0.416 e. The third kappa shape index (κ3) is 3.20. The monoisotopic (exact) mass is 373 g/mol. The van der Waals surface area contributed by atoms with Crippen molar-refractivity contribution in [3.8, 4) is 0 Å². The van der Waals surface area contributed by atoms with Gasteiger partial charge in [0.1, 0.15) is 0 Å². The van der Waals surface area contributed by atoms with Gasteiger partial charge in [-0.3, -0.25) is 0 Å². The minimum absolute atomic E-state index is 0.214. The van der Waals surface area contributed by atoms with Crippen LogP contribution in [0.2, 0.25) is 0 Å². The lowest BCUT2D eigenvalue weighted by Gasteiger charge is -2.16. The Kier molecular flexibility index (Phi) is 4.21. The van der Waals surface area contributed by atoms with Gasteiger partial charge in [-0.25, -0.2) is 4.79 Å². The Morgan fingerprint density at radius 3 is 2.41 bits per heavy atom. The fraction of sp³-hybridized carbons (Fsp3) is 0.286. The molecule has 0 bridgehead atoms. The predicted octanol–water partition coefficient (Wildman–Crippen LogP) is 5.29. The predicted molar refractivity (Wildman–Crippen MR) is 96.1 cm³/mol. The van der Waals surface area contributed by atoms with Crippen LogP contribution < -0.4 is 0 Å². The number of carboxylic acids is 1. The van der Waals surface area contributed by atoms with Gasteiger partial charge < -0.3 is 9.67 Å². The van der Waals surface area contributed by atoms with Gasteiger partial charge in [0.05, 0.1) is 11.1 Å². The molecular formula is C21H18F3NO2. The molecule has 0 fully saturated rings. The van der Waals surface area contributed by atoms with Crippen molar-refractivity contribution in [1.82, 2.24) is 4.57 Å². The molecule has 0 amide bonds. The van der Waals surface area contributed by atoms with Gasteiger partial charge in [0, 0.05) is 23.1 Å². The second kappa shape index (κ2) is 6.44. The van der Waals surface area contributed by atoms with Crippen molar-refractivity contribution in [1.29, 1.82) is 0 Å². The first-order valence-corrected chi connectivity index (χ1v) is 8.88. The number of fused-ring (bicyclic) bond motifs is 3. The molecule has 2 aromatic carbocycles. The molecule has 0 unspecified atom stereocenters. The quantitative estimate of drug-likeness (QED) is 0.678. The molecule has 6 heteroatoms. The van der Waals surface area contributed by atoms with Crippen LogP contribution in [0.15, 0.2) is 42.5 Å². The molecule has 140 valence electrons. The number of hydrogen-bond acceptors (Lipinski definition) is 1. The van der Waals surface area contributed by atoms with Gasteiger partial charge in [0.15, 0.2) is 0 Å². The fourth-order valence-electron chi connectivity index (χ4n) is 3.93. The molecule has 0 radical (unpaired) electrons. The number of aryl methyl sites for hydroxylation is 1. The maximum atomic E-state index is 12.8. The first-order valence-electron chi connectivity index (χ1n) is 8.88. The number of aromatic carboxylic acids is 1. The summed E-state index contributed by atoms with van der Waals surface area (Å²) in [6.07, 6.45) is -0.366. The summed E-state index contributed by atoms with van der Waals surface area (Å²) >= 11 is 0. The highest BCUT2D eigenvalue weighted by Crippen LogP contribution is 2.34. The average Bonchev–Trinajstić information content (AvgIpc) is 2.95. The van der Waals surface area contributed by atoms with E-state index in [1.165, 1.54) is 23.4 Å². The van der Waals surface area contributed by atoms with Crippen LogP contribution in [0.25, 0.3) is 10.9 Å². The Labute approximate surface area is 154 Å². The second-order valence-electron chi connectivity index (χ2n) is 6.95. The first-order chi connectivity index (χ1) is 12.8. The number of halogens is 3. The van der Waals surface area contributed by atoms with Crippen LogP contribution in [0, 0.1) is 0 Å². The van der Waals surface area contributed by atoms with E-state index in [1.54, 1.807) is 12.1 Å². The summed E-state index contributed by atoms with van der Waals surface area (Å²) in [6.45, 7) is 0.424. The molecule has 1 aliphatic rings. The number of nitrogens with zero attached hydrogens (tertiary/aromatic N) is 1. The van der Waals surface area contributed by atoms with E-state index >= 15 is 0 Å². The summed E-state index contributed by atoms with van der Waals surface area (Å²) in [5, 5.41) is 10.4. The summed E-state index contributed by atoms with van der Waals surface area (Å²) in [4.78, 5) is 11.4. The molecule has 0 saturated heterocycles. The zero-order valence-corrected chi connectivity index (χ0v) is 14.5. The molecule has 0 atom stereocenters. The Balaban J connectivity index is 1.80. The highest BCUT2D eigenvalue weighted by atomic mass is 19.4. The third-order valence-electron chi connectivity index (χ3n) is 5.25. The Morgan fingerprint density at radius 1 is 1.04 bits per heavy atom. The van der Waals surface area contributed by atoms with E-state index in [2.05, 4.69) is 4.57 Å². The molecular weight excluding hydrogens is 355 g/mol. The third-order valence-corrected chi connectivity index (χ3v) is 5.25. The normalized spacial score (nSPS) is 14.3. The van der Waals surface area contributed by atoms with Crippen LogP contribution in [0.1, 0.15) is 45.6 Å². The lowest BCUT2D eigenvalue weighted by Crippen LogP contribution is -2.10. The van der Waals surface area contributed by atoms with Gasteiger partial charge in [0.25, 0.3) is 0 Å². The van der Waals surface area contributed by atoms with Gasteiger partial charge in [-0.15, -0.1) is 0 Å². The standard InChI is InChI=1S/C21H18F3NO2/c22-21(23,24)15-8-5-13(6-9-15)12-25-18-4-2-1-3-16(18)17-10-7-14(20(26)27)11-19(17)25/h5-11H,1-4,12H2,(H,26,27). The Hall–Kier alpha value is -2.76. The molecule has 1 heterocycles. The summed E-state index contributed by atoms with van der Waals surface area (Å²) in [5.41, 5.74) is 3.54. The molecule has 27 heavy (non-hydrogen) atoms. The number of carbonyl (C=O) groups is 1. The van der Waals surface area contributed by atoms with Crippen molar-refractivity contribution in [2.75, 3.05) is 0 Å². The van der Waals surface area contributed by atoms with Gasteiger partial charge in [0.2, 0.25) is 0 Å². The van der Waals surface area contributed by atoms with Crippen molar-refractivity contribution < 1.29 is 23.1 Å². The van der Waals surface area contributed by atoms with E-state index in [0.717, 1.165) is 54.3 Å². The second-order valence-corrected chi connectivity index (χ2v) is 6.95. The number of benzene rings is 2. The number of rotatable bonds is 3. The van der Waals surface area contributed by atoms with E-state index in [4.69, 9.17) is 0 Å². The Bertz CT molecular complexity index is 1020. The van der Waals surface area contributed by atoms with Crippen LogP contribution in [0.3, 0.4) is 0 Å². The van der Waals surface area contributed by atoms with Gasteiger partial charge in [-0.1, -0.05) is 18.2 Å². The van der Waals surface area contributed by atoms with Crippen molar-refractivity contribution in [3.05, 3.63) is 70.4 Å². The van der Waals surface area contributed by atoms with Crippen molar-refractivity contribution in [2.24, 2.45) is 0 Å². The molecule has 4 rings (SSSR count). The van der Waals surface area contributed by atoms with Crippen LogP contribution in [0.4, 0.5) is 13.2 Å². The van der Waals surface area contributed by atoms with Crippen molar-refractivity contribution >= 4 is 16.9 Å². The van der Waals surface area contributed by atoms with Crippen molar-refractivity contribution in [3.63, 3.8) is 0 Å². The van der Waals surface area contributed by atoms with Crippen molar-refractivity contribution in [2.45, 2.75) is 38.4 Å². The van der Waals surface area contributed by atoms with Gasteiger partial charge in [-0.2, -0.15) is 13.2 Å². The zero-order chi connectivity index (χ0) is 19.2. The summed E-state index contributed by atoms with van der Waals surface area (Å²) < 4.78 is 40.4. The fourth-order valence-corrected chi connectivity index (χ4v) is 3.93. The van der Waals surface area contributed by atoms with Crippen LogP contribution in [0.5, 0.6) is 0 Å². The van der Waals surface area contributed by atoms with Gasteiger partial charge >= 0.3 is 12.1 Å². The summed E-state index contributed by atoms with van der Waals surface area (Å²) in [7, 11) is 0.